The van der Waals surface area contributed by atoms with Crippen LogP contribution in [0.2, 0.25) is 0 Å². The summed E-state index contributed by atoms with van der Waals surface area (Å²) in [5.41, 5.74) is 4.59. The first-order valence-corrected chi connectivity index (χ1v) is 6.54. The monoisotopic (exact) mass is 222 g/mol. The smallest absolute Gasteiger partial charge is 0.00979 e. The second-order valence-corrected chi connectivity index (χ2v) is 4.93. The van der Waals surface area contributed by atoms with Crippen molar-refractivity contribution in [3.05, 3.63) is 71.3 Å². The Balaban J connectivity index is 2.05. The molecule has 0 heterocycles. The molecule has 0 spiro atoms. The minimum absolute atomic E-state index is 0.609. The van der Waals surface area contributed by atoms with E-state index in [2.05, 4.69) is 61.5 Å². The minimum atomic E-state index is 0.609. The highest BCUT2D eigenvalue weighted by molar-refractivity contribution is 5.44. The molecule has 1 aliphatic rings. The van der Waals surface area contributed by atoms with Crippen molar-refractivity contribution in [1.82, 2.24) is 0 Å². The molecule has 2 aromatic rings. The van der Waals surface area contributed by atoms with Crippen molar-refractivity contribution >= 4 is 0 Å². The molecular formula is C17H18. The van der Waals surface area contributed by atoms with Gasteiger partial charge >= 0.3 is 0 Å². The standard InChI is InChI=1S/C17H18/c1-2-13-12-17(14-8-4-3-5-9-14)16-11-7-6-10-15(13)16/h3-11,13,17H,2,12H2,1H3. The van der Waals surface area contributed by atoms with Gasteiger partial charge < -0.3 is 0 Å². The van der Waals surface area contributed by atoms with E-state index in [1.165, 1.54) is 18.4 Å². The van der Waals surface area contributed by atoms with Gasteiger partial charge in [-0.05, 0) is 35.4 Å². The molecule has 0 heteroatoms. The zero-order valence-corrected chi connectivity index (χ0v) is 10.3. The van der Waals surface area contributed by atoms with Crippen molar-refractivity contribution in [2.45, 2.75) is 31.6 Å². The van der Waals surface area contributed by atoms with Crippen LogP contribution in [0, 0.1) is 0 Å². The van der Waals surface area contributed by atoms with E-state index in [-0.39, 0.29) is 0 Å². The van der Waals surface area contributed by atoms with Crippen molar-refractivity contribution in [3.63, 3.8) is 0 Å². The van der Waals surface area contributed by atoms with Crippen LogP contribution in [-0.2, 0) is 0 Å². The Morgan fingerprint density at radius 1 is 0.882 bits per heavy atom. The molecule has 0 saturated heterocycles. The molecule has 0 fully saturated rings. The summed E-state index contributed by atoms with van der Waals surface area (Å²) in [5, 5.41) is 0. The largest absolute Gasteiger partial charge is 0.0648 e. The average molecular weight is 222 g/mol. The lowest BCUT2D eigenvalue weighted by Gasteiger charge is -2.11. The summed E-state index contributed by atoms with van der Waals surface area (Å²) in [4.78, 5) is 0. The van der Waals surface area contributed by atoms with Gasteiger partial charge in [0, 0.05) is 5.92 Å². The van der Waals surface area contributed by atoms with Crippen LogP contribution in [0.5, 0.6) is 0 Å². The topological polar surface area (TPSA) is 0 Å². The summed E-state index contributed by atoms with van der Waals surface area (Å²) in [6, 6.07) is 19.9. The SMILES string of the molecule is CCC1CC(c2ccccc2)c2ccccc21. The maximum absolute atomic E-state index is 2.31. The Kier molecular flexibility index (Phi) is 2.72. The van der Waals surface area contributed by atoms with Crippen molar-refractivity contribution in [2.24, 2.45) is 0 Å². The second-order valence-electron chi connectivity index (χ2n) is 4.93. The fraction of sp³-hybridized carbons (Fsp3) is 0.294. The molecule has 2 aromatic carbocycles. The van der Waals surface area contributed by atoms with Crippen LogP contribution < -0.4 is 0 Å². The fourth-order valence-electron chi connectivity index (χ4n) is 3.13. The molecule has 0 N–H and O–H groups in total. The van der Waals surface area contributed by atoms with Crippen LogP contribution in [0.15, 0.2) is 54.6 Å². The van der Waals surface area contributed by atoms with E-state index < -0.39 is 0 Å². The van der Waals surface area contributed by atoms with E-state index in [9.17, 15) is 0 Å². The van der Waals surface area contributed by atoms with Gasteiger partial charge in [0.05, 0.1) is 0 Å². The minimum Gasteiger partial charge on any atom is -0.0648 e. The summed E-state index contributed by atoms with van der Waals surface area (Å²) in [5.74, 6) is 1.36. The van der Waals surface area contributed by atoms with Gasteiger partial charge in [0.15, 0.2) is 0 Å². The van der Waals surface area contributed by atoms with Crippen LogP contribution in [-0.4, -0.2) is 0 Å². The molecule has 3 rings (SSSR count). The lowest BCUT2D eigenvalue weighted by molar-refractivity contribution is 0.619. The molecule has 1 aliphatic carbocycles. The molecule has 0 bridgehead atoms. The van der Waals surface area contributed by atoms with E-state index in [0.29, 0.717) is 5.92 Å². The summed E-state index contributed by atoms with van der Waals surface area (Å²) in [6.07, 6.45) is 2.53. The number of benzene rings is 2. The van der Waals surface area contributed by atoms with Gasteiger partial charge in [-0.15, -0.1) is 0 Å². The number of hydrogen-bond acceptors (Lipinski definition) is 0. The first kappa shape index (κ1) is 10.6. The van der Waals surface area contributed by atoms with Crippen molar-refractivity contribution < 1.29 is 0 Å². The van der Waals surface area contributed by atoms with E-state index in [1.54, 1.807) is 11.1 Å². The normalized spacial score (nSPS) is 22.4. The van der Waals surface area contributed by atoms with Gasteiger partial charge in [-0.1, -0.05) is 61.5 Å². The first-order valence-electron chi connectivity index (χ1n) is 6.54. The molecule has 0 amide bonds. The predicted octanol–water partition coefficient (Wildman–Crippen LogP) is 4.72. The molecule has 2 atom stereocenters. The molecule has 17 heavy (non-hydrogen) atoms. The maximum atomic E-state index is 2.31. The Bertz CT molecular complexity index is 498. The molecule has 2 unspecified atom stereocenters. The van der Waals surface area contributed by atoms with E-state index in [4.69, 9.17) is 0 Å². The highest BCUT2D eigenvalue weighted by Gasteiger charge is 2.30. The van der Waals surface area contributed by atoms with E-state index in [0.717, 1.165) is 5.92 Å². The van der Waals surface area contributed by atoms with Gasteiger partial charge in [-0.25, -0.2) is 0 Å². The Hall–Kier alpha value is -1.56. The van der Waals surface area contributed by atoms with Crippen molar-refractivity contribution in [3.8, 4) is 0 Å². The molecule has 0 saturated carbocycles. The van der Waals surface area contributed by atoms with Crippen LogP contribution in [0.3, 0.4) is 0 Å². The number of fused-ring (bicyclic) bond motifs is 1. The van der Waals surface area contributed by atoms with Gasteiger partial charge in [-0.3, -0.25) is 0 Å². The van der Waals surface area contributed by atoms with Gasteiger partial charge in [0.2, 0.25) is 0 Å². The second kappa shape index (κ2) is 4.37. The molecule has 0 nitrogen and oxygen atoms in total. The molecular weight excluding hydrogens is 204 g/mol. The highest BCUT2D eigenvalue weighted by atomic mass is 14.3. The number of hydrogen-bond donors (Lipinski definition) is 0. The summed E-state index contributed by atoms with van der Waals surface area (Å²) in [7, 11) is 0. The van der Waals surface area contributed by atoms with Crippen LogP contribution in [0.25, 0.3) is 0 Å². The fourth-order valence-corrected chi connectivity index (χ4v) is 3.13. The van der Waals surface area contributed by atoms with Gasteiger partial charge in [-0.2, -0.15) is 0 Å². The zero-order chi connectivity index (χ0) is 11.7. The zero-order valence-electron chi connectivity index (χ0n) is 10.3. The molecule has 0 aliphatic heterocycles. The van der Waals surface area contributed by atoms with Crippen molar-refractivity contribution in [2.75, 3.05) is 0 Å². The first-order chi connectivity index (χ1) is 8.40. The third-order valence-corrected chi connectivity index (χ3v) is 4.03. The third-order valence-electron chi connectivity index (χ3n) is 4.03. The Morgan fingerprint density at radius 3 is 2.24 bits per heavy atom. The molecule has 0 radical (unpaired) electrons. The number of rotatable bonds is 2. The third kappa shape index (κ3) is 1.78. The Labute approximate surface area is 103 Å². The average Bonchev–Trinajstić information content (AvgIpc) is 2.78. The van der Waals surface area contributed by atoms with Crippen molar-refractivity contribution in [1.29, 1.82) is 0 Å². The highest BCUT2D eigenvalue weighted by Crippen LogP contribution is 2.46. The summed E-state index contributed by atoms with van der Waals surface area (Å²) >= 11 is 0. The summed E-state index contributed by atoms with van der Waals surface area (Å²) < 4.78 is 0. The maximum Gasteiger partial charge on any atom is 0.00979 e. The Morgan fingerprint density at radius 2 is 1.53 bits per heavy atom. The van der Waals surface area contributed by atoms with Crippen LogP contribution in [0.1, 0.15) is 48.3 Å². The van der Waals surface area contributed by atoms with Crippen LogP contribution in [0.4, 0.5) is 0 Å². The predicted molar refractivity (Wildman–Crippen MR) is 72.4 cm³/mol. The van der Waals surface area contributed by atoms with Crippen LogP contribution >= 0.6 is 0 Å². The molecule has 0 aromatic heterocycles. The lowest BCUT2D eigenvalue weighted by Crippen LogP contribution is -1.95. The van der Waals surface area contributed by atoms with Gasteiger partial charge in [0.1, 0.15) is 0 Å². The van der Waals surface area contributed by atoms with E-state index >= 15 is 0 Å². The van der Waals surface area contributed by atoms with Gasteiger partial charge in [0.25, 0.3) is 0 Å². The summed E-state index contributed by atoms with van der Waals surface area (Å²) in [6.45, 7) is 2.30. The van der Waals surface area contributed by atoms with E-state index in [1.807, 2.05) is 0 Å². The quantitative estimate of drug-likeness (QED) is 0.690. The lowest BCUT2D eigenvalue weighted by atomic mass is 9.92. The molecule has 86 valence electrons.